The summed E-state index contributed by atoms with van der Waals surface area (Å²) in [7, 11) is -1.04. The number of fused-ring (bicyclic) bond motifs is 1. The van der Waals surface area contributed by atoms with Crippen molar-refractivity contribution in [2.75, 3.05) is 32.6 Å². The van der Waals surface area contributed by atoms with Gasteiger partial charge in [0.05, 0.1) is 5.25 Å². The van der Waals surface area contributed by atoms with E-state index in [0.29, 0.717) is 25.0 Å². The Morgan fingerprint density at radius 2 is 2.06 bits per heavy atom. The summed E-state index contributed by atoms with van der Waals surface area (Å²) in [6, 6.07) is 0.566. The average molecular weight is 295 g/mol. The number of hydrogen-bond donors (Lipinski definition) is 0. The number of alkyl halides is 1. The lowest BCUT2D eigenvalue weighted by Crippen LogP contribution is -2.55. The Morgan fingerprint density at radius 1 is 1.33 bits per heavy atom. The first-order chi connectivity index (χ1) is 8.46. The van der Waals surface area contributed by atoms with E-state index in [9.17, 15) is 8.42 Å². The molecule has 0 radical (unpaired) electrons. The van der Waals surface area contributed by atoms with E-state index in [1.807, 2.05) is 0 Å². The topological polar surface area (TPSA) is 40.6 Å². The summed E-state index contributed by atoms with van der Waals surface area (Å²) in [4.78, 5) is 2.39. The van der Waals surface area contributed by atoms with E-state index in [1.165, 1.54) is 6.42 Å². The van der Waals surface area contributed by atoms with Gasteiger partial charge in [0, 0.05) is 25.0 Å². The molecule has 2 aliphatic heterocycles. The fraction of sp³-hybridized carbons (Fsp3) is 1.00. The van der Waals surface area contributed by atoms with Crippen LogP contribution in [0.2, 0.25) is 0 Å². The SMILES string of the molecule is CC(CCl)S(=O)(=O)N1CCC2C(CCCN2C)C1. The number of sulfonamides is 1. The summed E-state index contributed by atoms with van der Waals surface area (Å²) in [5, 5.41) is -0.475. The lowest BCUT2D eigenvalue weighted by molar-refractivity contribution is 0.0669. The molecule has 2 aliphatic rings. The molecule has 0 N–H and O–H groups in total. The number of rotatable bonds is 3. The van der Waals surface area contributed by atoms with Gasteiger partial charge in [0.25, 0.3) is 0 Å². The molecule has 0 aliphatic carbocycles. The van der Waals surface area contributed by atoms with E-state index in [4.69, 9.17) is 11.6 Å². The Balaban J connectivity index is 2.07. The minimum Gasteiger partial charge on any atom is -0.303 e. The van der Waals surface area contributed by atoms with E-state index in [-0.39, 0.29) is 5.88 Å². The third kappa shape index (κ3) is 2.69. The molecule has 0 saturated carbocycles. The van der Waals surface area contributed by atoms with Crippen LogP contribution in [0, 0.1) is 5.92 Å². The normalized spacial score (nSPS) is 33.1. The maximum atomic E-state index is 12.3. The summed E-state index contributed by atoms with van der Waals surface area (Å²) in [6.07, 6.45) is 3.28. The Morgan fingerprint density at radius 3 is 2.72 bits per heavy atom. The molecule has 0 spiro atoms. The highest BCUT2D eigenvalue weighted by molar-refractivity contribution is 7.89. The van der Waals surface area contributed by atoms with E-state index < -0.39 is 15.3 Å². The maximum Gasteiger partial charge on any atom is 0.217 e. The zero-order chi connectivity index (χ0) is 13.3. The van der Waals surface area contributed by atoms with Gasteiger partial charge in [-0.25, -0.2) is 12.7 Å². The Bertz CT molecular complexity index is 388. The number of hydrogen-bond acceptors (Lipinski definition) is 3. The second-order valence-corrected chi connectivity index (χ2v) is 8.27. The van der Waals surface area contributed by atoms with Crippen LogP contribution in [0.3, 0.4) is 0 Å². The minimum atomic E-state index is -3.20. The predicted molar refractivity (Wildman–Crippen MR) is 74.4 cm³/mol. The highest BCUT2D eigenvalue weighted by Crippen LogP contribution is 2.31. The Kier molecular flexibility index (Phi) is 4.57. The number of piperidine rings is 2. The monoisotopic (exact) mass is 294 g/mol. The van der Waals surface area contributed by atoms with Crippen molar-refractivity contribution in [1.82, 2.24) is 9.21 Å². The van der Waals surface area contributed by atoms with Crippen molar-refractivity contribution < 1.29 is 8.42 Å². The number of halogens is 1. The van der Waals surface area contributed by atoms with Gasteiger partial charge in [0.15, 0.2) is 0 Å². The quantitative estimate of drug-likeness (QED) is 0.738. The second-order valence-electron chi connectivity index (χ2n) is 5.61. The van der Waals surface area contributed by atoms with Crippen molar-refractivity contribution in [3.63, 3.8) is 0 Å². The van der Waals surface area contributed by atoms with Gasteiger partial charge in [-0.2, -0.15) is 0 Å². The first-order valence-electron chi connectivity index (χ1n) is 6.72. The number of nitrogens with zero attached hydrogens (tertiary/aromatic N) is 2. The minimum absolute atomic E-state index is 0.173. The molecule has 2 fully saturated rings. The van der Waals surface area contributed by atoms with Crippen LogP contribution in [0.5, 0.6) is 0 Å². The van der Waals surface area contributed by atoms with Crippen molar-refractivity contribution in [3.8, 4) is 0 Å². The Labute approximate surface area is 115 Å². The van der Waals surface area contributed by atoms with Gasteiger partial charge in [-0.05, 0) is 45.7 Å². The van der Waals surface area contributed by atoms with Crippen molar-refractivity contribution in [1.29, 1.82) is 0 Å². The zero-order valence-corrected chi connectivity index (χ0v) is 12.8. The fourth-order valence-electron chi connectivity index (χ4n) is 3.18. The van der Waals surface area contributed by atoms with Crippen LogP contribution < -0.4 is 0 Å². The molecule has 0 aromatic rings. The Hall–Kier alpha value is 0.160. The van der Waals surface area contributed by atoms with Gasteiger partial charge >= 0.3 is 0 Å². The van der Waals surface area contributed by atoms with E-state index in [1.54, 1.807) is 11.2 Å². The summed E-state index contributed by atoms with van der Waals surface area (Å²) < 4.78 is 26.3. The molecule has 2 rings (SSSR count). The maximum absolute atomic E-state index is 12.3. The predicted octanol–water partition coefficient (Wildman–Crippen LogP) is 1.36. The third-order valence-electron chi connectivity index (χ3n) is 4.39. The van der Waals surface area contributed by atoms with Crippen LogP contribution in [-0.2, 0) is 10.0 Å². The average Bonchev–Trinajstić information content (AvgIpc) is 2.37. The van der Waals surface area contributed by atoms with Crippen molar-refractivity contribution in [2.45, 2.75) is 37.5 Å². The molecule has 6 heteroatoms. The van der Waals surface area contributed by atoms with Crippen LogP contribution in [0.25, 0.3) is 0 Å². The molecule has 106 valence electrons. The molecule has 0 aromatic heterocycles. The molecular weight excluding hydrogens is 272 g/mol. The van der Waals surface area contributed by atoms with Gasteiger partial charge in [0.2, 0.25) is 10.0 Å². The molecule has 2 saturated heterocycles. The summed E-state index contributed by atoms with van der Waals surface area (Å²) >= 11 is 5.70. The summed E-state index contributed by atoms with van der Waals surface area (Å²) in [5.74, 6) is 0.669. The van der Waals surface area contributed by atoms with Crippen molar-refractivity contribution in [3.05, 3.63) is 0 Å². The molecular formula is C12H23ClN2O2S. The lowest BCUT2D eigenvalue weighted by atomic mass is 9.85. The molecule has 4 nitrogen and oxygen atoms in total. The van der Waals surface area contributed by atoms with Crippen LogP contribution in [0.4, 0.5) is 0 Å². The van der Waals surface area contributed by atoms with Gasteiger partial charge in [0.1, 0.15) is 0 Å². The largest absolute Gasteiger partial charge is 0.303 e. The van der Waals surface area contributed by atoms with Crippen LogP contribution in [0.1, 0.15) is 26.2 Å². The molecule has 2 heterocycles. The molecule has 18 heavy (non-hydrogen) atoms. The van der Waals surface area contributed by atoms with Crippen LogP contribution >= 0.6 is 11.6 Å². The van der Waals surface area contributed by atoms with Gasteiger partial charge in [-0.15, -0.1) is 11.6 Å². The van der Waals surface area contributed by atoms with E-state index in [0.717, 1.165) is 19.4 Å². The lowest BCUT2D eigenvalue weighted by Gasteiger charge is -2.45. The summed E-state index contributed by atoms with van der Waals surface area (Å²) in [6.45, 7) is 4.17. The molecule has 3 atom stereocenters. The van der Waals surface area contributed by atoms with Crippen LogP contribution in [0.15, 0.2) is 0 Å². The second kappa shape index (κ2) is 5.65. The fourth-order valence-corrected chi connectivity index (χ4v) is 5.09. The molecule has 0 aromatic carbocycles. The van der Waals surface area contributed by atoms with Crippen molar-refractivity contribution >= 4 is 21.6 Å². The van der Waals surface area contributed by atoms with Gasteiger partial charge < -0.3 is 4.90 Å². The third-order valence-corrected chi connectivity index (χ3v) is 7.28. The highest BCUT2D eigenvalue weighted by Gasteiger charge is 2.39. The van der Waals surface area contributed by atoms with Gasteiger partial charge in [-0.1, -0.05) is 0 Å². The standard InChI is InChI=1S/C12H23ClN2O2S/c1-10(8-13)18(16,17)15-7-5-12-11(9-15)4-3-6-14(12)2/h10-12H,3-9H2,1-2H3. The number of likely N-dealkylation sites (tertiary alicyclic amines) is 1. The zero-order valence-electron chi connectivity index (χ0n) is 11.2. The highest BCUT2D eigenvalue weighted by atomic mass is 35.5. The van der Waals surface area contributed by atoms with E-state index in [2.05, 4.69) is 11.9 Å². The summed E-state index contributed by atoms with van der Waals surface area (Å²) in [5.41, 5.74) is 0. The molecule has 3 unspecified atom stereocenters. The van der Waals surface area contributed by atoms with Crippen molar-refractivity contribution in [2.24, 2.45) is 5.92 Å². The first-order valence-corrected chi connectivity index (χ1v) is 8.75. The van der Waals surface area contributed by atoms with E-state index >= 15 is 0 Å². The molecule has 0 bridgehead atoms. The first kappa shape index (κ1) is 14.6. The smallest absolute Gasteiger partial charge is 0.217 e. The molecule has 0 amide bonds. The van der Waals surface area contributed by atoms with Gasteiger partial charge in [-0.3, -0.25) is 0 Å². The van der Waals surface area contributed by atoms with Crippen LogP contribution in [-0.4, -0.2) is 61.5 Å².